The second kappa shape index (κ2) is 5.59. The number of hydrogen-bond donors (Lipinski definition) is 1. The summed E-state index contributed by atoms with van der Waals surface area (Å²) in [6.45, 7) is 0.642. The fourth-order valence-corrected chi connectivity index (χ4v) is 1.54. The summed E-state index contributed by atoms with van der Waals surface area (Å²) in [4.78, 5) is 0. The fraction of sp³-hybridized carbons (Fsp3) is 0.250. The van der Waals surface area contributed by atoms with Gasteiger partial charge in [0.1, 0.15) is 6.61 Å². The number of ether oxygens (including phenoxy) is 1. The highest BCUT2D eigenvalue weighted by atomic mass is 19.1. The molecular formula is C12H13F2N3O. The molecule has 1 aromatic heterocycles. The smallest absolute Gasteiger partial charge is 0.190 e. The number of benzene rings is 1. The number of nitrogens with two attached hydrogens (primary N) is 1. The van der Waals surface area contributed by atoms with Crippen molar-refractivity contribution in [2.45, 2.75) is 13.1 Å². The van der Waals surface area contributed by atoms with Gasteiger partial charge in [-0.15, -0.1) is 0 Å². The van der Waals surface area contributed by atoms with Crippen molar-refractivity contribution in [2.75, 3.05) is 6.61 Å². The molecule has 0 aliphatic heterocycles. The van der Waals surface area contributed by atoms with Crippen LogP contribution in [0.4, 0.5) is 8.78 Å². The van der Waals surface area contributed by atoms with Crippen LogP contribution < -0.4 is 10.5 Å². The van der Waals surface area contributed by atoms with Gasteiger partial charge in [-0.2, -0.15) is 5.10 Å². The second-order valence-corrected chi connectivity index (χ2v) is 3.71. The van der Waals surface area contributed by atoms with Gasteiger partial charge in [0.2, 0.25) is 0 Å². The topological polar surface area (TPSA) is 53.1 Å². The van der Waals surface area contributed by atoms with E-state index >= 15 is 0 Å². The van der Waals surface area contributed by atoms with Gasteiger partial charge in [-0.3, -0.25) is 4.68 Å². The van der Waals surface area contributed by atoms with Crippen molar-refractivity contribution >= 4 is 0 Å². The summed E-state index contributed by atoms with van der Waals surface area (Å²) in [5.41, 5.74) is 5.71. The third-order valence-corrected chi connectivity index (χ3v) is 2.42. The minimum Gasteiger partial charge on any atom is -0.486 e. The van der Waals surface area contributed by atoms with Crippen LogP contribution in [0.3, 0.4) is 0 Å². The van der Waals surface area contributed by atoms with Crippen LogP contribution in [0.2, 0.25) is 0 Å². The standard InChI is InChI=1S/C12H13F2N3O/c13-10-6-9(8-15)7-11(14)12(10)18-5-4-17-3-1-2-16-17/h1-3,6-7H,4-5,8,15H2. The minimum absolute atomic E-state index is 0.0847. The van der Waals surface area contributed by atoms with E-state index in [1.807, 2.05) is 0 Å². The normalized spacial score (nSPS) is 10.6. The van der Waals surface area contributed by atoms with E-state index < -0.39 is 11.6 Å². The Bertz CT molecular complexity index is 491. The van der Waals surface area contributed by atoms with Crippen LogP contribution in [0.25, 0.3) is 0 Å². The Hall–Kier alpha value is -1.95. The predicted molar refractivity (Wildman–Crippen MR) is 62.0 cm³/mol. The van der Waals surface area contributed by atoms with Crippen LogP contribution in [-0.4, -0.2) is 16.4 Å². The monoisotopic (exact) mass is 253 g/mol. The summed E-state index contributed by atoms with van der Waals surface area (Å²) in [6, 6.07) is 4.11. The van der Waals surface area contributed by atoms with Crippen LogP contribution in [0, 0.1) is 11.6 Å². The molecule has 0 radical (unpaired) electrons. The Morgan fingerprint density at radius 1 is 1.28 bits per heavy atom. The molecule has 0 spiro atoms. The van der Waals surface area contributed by atoms with E-state index in [2.05, 4.69) is 5.10 Å². The Kier molecular flexibility index (Phi) is 3.88. The van der Waals surface area contributed by atoms with Gasteiger partial charge in [-0.05, 0) is 23.8 Å². The molecule has 2 aromatic rings. The highest BCUT2D eigenvalue weighted by molar-refractivity contribution is 5.31. The maximum atomic E-state index is 13.5. The summed E-state index contributed by atoms with van der Waals surface area (Å²) in [5.74, 6) is -1.86. The molecule has 96 valence electrons. The lowest BCUT2D eigenvalue weighted by atomic mass is 10.2. The minimum atomic E-state index is -0.740. The molecule has 0 amide bonds. The number of rotatable bonds is 5. The SMILES string of the molecule is NCc1cc(F)c(OCCn2cccn2)c(F)c1. The molecule has 0 saturated carbocycles. The van der Waals surface area contributed by atoms with Crippen molar-refractivity contribution in [3.05, 3.63) is 47.8 Å². The average Bonchev–Trinajstić information content (AvgIpc) is 2.85. The quantitative estimate of drug-likeness (QED) is 0.882. The zero-order chi connectivity index (χ0) is 13.0. The van der Waals surface area contributed by atoms with Gasteiger partial charge >= 0.3 is 0 Å². The van der Waals surface area contributed by atoms with E-state index in [-0.39, 0.29) is 18.9 Å². The lowest BCUT2D eigenvalue weighted by Gasteiger charge is -2.09. The van der Waals surface area contributed by atoms with E-state index in [4.69, 9.17) is 10.5 Å². The van der Waals surface area contributed by atoms with Crippen molar-refractivity contribution in [1.29, 1.82) is 0 Å². The molecule has 0 saturated heterocycles. The van der Waals surface area contributed by atoms with Gasteiger partial charge in [0.25, 0.3) is 0 Å². The summed E-state index contributed by atoms with van der Waals surface area (Å²) in [7, 11) is 0. The van der Waals surface area contributed by atoms with Crippen LogP contribution >= 0.6 is 0 Å². The summed E-state index contributed by atoms with van der Waals surface area (Å²) < 4.78 is 33.7. The van der Waals surface area contributed by atoms with Crippen LogP contribution in [-0.2, 0) is 13.1 Å². The second-order valence-electron chi connectivity index (χ2n) is 3.71. The Morgan fingerprint density at radius 2 is 2.00 bits per heavy atom. The molecule has 0 bridgehead atoms. The number of nitrogens with zero attached hydrogens (tertiary/aromatic N) is 2. The Morgan fingerprint density at radius 3 is 2.56 bits per heavy atom. The van der Waals surface area contributed by atoms with Gasteiger partial charge in [0.15, 0.2) is 17.4 Å². The predicted octanol–water partition coefficient (Wildman–Crippen LogP) is 1.70. The fourth-order valence-electron chi connectivity index (χ4n) is 1.54. The van der Waals surface area contributed by atoms with Crippen LogP contribution in [0.5, 0.6) is 5.75 Å². The first kappa shape index (κ1) is 12.5. The van der Waals surface area contributed by atoms with E-state index in [1.54, 1.807) is 23.1 Å². The van der Waals surface area contributed by atoms with Gasteiger partial charge in [0.05, 0.1) is 6.54 Å². The van der Waals surface area contributed by atoms with Gasteiger partial charge < -0.3 is 10.5 Å². The first-order chi connectivity index (χ1) is 8.70. The van der Waals surface area contributed by atoms with Gasteiger partial charge in [0, 0.05) is 18.9 Å². The van der Waals surface area contributed by atoms with E-state index in [0.717, 1.165) is 0 Å². The largest absolute Gasteiger partial charge is 0.486 e. The summed E-state index contributed by atoms with van der Waals surface area (Å²) in [5, 5.41) is 3.95. The zero-order valence-electron chi connectivity index (χ0n) is 9.64. The maximum Gasteiger partial charge on any atom is 0.190 e. The van der Waals surface area contributed by atoms with Gasteiger partial charge in [-0.1, -0.05) is 0 Å². The lowest BCUT2D eigenvalue weighted by Crippen LogP contribution is -2.10. The van der Waals surface area contributed by atoms with E-state index in [1.165, 1.54) is 12.1 Å². The zero-order valence-corrected chi connectivity index (χ0v) is 9.64. The first-order valence-corrected chi connectivity index (χ1v) is 5.49. The molecule has 0 aliphatic rings. The highest BCUT2D eigenvalue weighted by Crippen LogP contribution is 2.23. The average molecular weight is 253 g/mol. The molecule has 18 heavy (non-hydrogen) atoms. The first-order valence-electron chi connectivity index (χ1n) is 5.49. The molecule has 0 aliphatic carbocycles. The van der Waals surface area contributed by atoms with Gasteiger partial charge in [-0.25, -0.2) is 8.78 Å². The molecule has 2 N–H and O–H groups in total. The number of halogens is 2. The van der Waals surface area contributed by atoms with Crippen molar-refractivity contribution in [3.63, 3.8) is 0 Å². The Balaban J connectivity index is 2.01. The van der Waals surface area contributed by atoms with Crippen LogP contribution in [0.15, 0.2) is 30.6 Å². The molecule has 6 heteroatoms. The summed E-state index contributed by atoms with van der Waals surface area (Å²) in [6.07, 6.45) is 3.37. The van der Waals surface area contributed by atoms with Crippen LogP contribution in [0.1, 0.15) is 5.56 Å². The van der Waals surface area contributed by atoms with Crippen molar-refractivity contribution in [3.8, 4) is 5.75 Å². The maximum absolute atomic E-state index is 13.5. The molecule has 0 fully saturated rings. The third kappa shape index (κ3) is 2.84. The third-order valence-electron chi connectivity index (χ3n) is 2.42. The molecule has 0 atom stereocenters. The van der Waals surface area contributed by atoms with E-state index in [0.29, 0.717) is 12.1 Å². The molecular weight excluding hydrogens is 240 g/mol. The molecule has 2 rings (SSSR count). The molecule has 0 unspecified atom stereocenters. The number of aromatic nitrogens is 2. The van der Waals surface area contributed by atoms with Crippen molar-refractivity contribution < 1.29 is 13.5 Å². The lowest BCUT2D eigenvalue weighted by molar-refractivity contribution is 0.264. The Labute approximate surface area is 103 Å². The number of hydrogen-bond acceptors (Lipinski definition) is 3. The summed E-state index contributed by atoms with van der Waals surface area (Å²) >= 11 is 0. The molecule has 1 heterocycles. The van der Waals surface area contributed by atoms with Crippen molar-refractivity contribution in [2.24, 2.45) is 5.73 Å². The van der Waals surface area contributed by atoms with Crippen molar-refractivity contribution in [1.82, 2.24) is 9.78 Å². The molecule has 4 nitrogen and oxygen atoms in total. The molecule has 1 aromatic carbocycles. The highest BCUT2D eigenvalue weighted by Gasteiger charge is 2.12. The van der Waals surface area contributed by atoms with E-state index in [9.17, 15) is 8.78 Å².